The molecule has 150 valence electrons. The normalized spacial score (nSPS) is 11.0. The van der Waals surface area contributed by atoms with Crippen LogP contribution in [0, 0.1) is 6.92 Å². The number of rotatable bonds is 7. The van der Waals surface area contributed by atoms with E-state index in [0.29, 0.717) is 5.69 Å². The number of esters is 1. The number of aryl methyl sites for hydroxylation is 1. The third-order valence-corrected chi connectivity index (χ3v) is 5.22. The van der Waals surface area contributed by atoms with E-state index in [9.17, 15) is 18.0 Å². The number of carbonyl (C=O) groups excluding carboxylic acids is 2. The van der Waals surface area contributed by atoms with Gasteiger partial charge in [-0.2, -0.15) is 0 Å². The molecule has 0 radical (unpaired) electrons. The lowest BCUT2D eigenvalue weighted by Gasteiger charge is -2.22. The van der Waals surface area contributed by atoms with Gasteiger partial charge in [-0.25, -0.2) is 13.2 Å². The molecule has 0 aliphatic heterocycles. The van der Waals surface area contributed by atoms with Crippen LogP contribution >= 0.6 is 11.6 Å². The number of nitrogens with one attached hydrogen (secondary N) is 1. The number of anilines is 2. The number of nitrogens with zero attached hydrogens (tertiary/aromatic N) is 1. The van der Waals surface area contributed by atoms with Crippen LogP contribution in [0.5, 0.6) is 0 Å². The van der Waals surface area contributed by atoms with E-state index in [-0.39, 0.29) is 22.9 Å². The van der Waals surface area contributed by atoms with E-state index in [1.54, 1.807) is 31.2 Å². The molecule has 0 unspecified atom stereocenters. The molecule has 0 aromatic heterocycles. The van der Waals surface area contributed by atoms with E-state index in [1.807, 2.05) is 6.92 Å². The smallest absolute Gasteiger partial charge is 0.338 e. The molecule has 0 fully saturated rings. The summed E-state index contributed by atoms with van der Waals surface area (Å²) >= 11 is 6.12. The zero-order valence-electron chi connectivity index (χ0n) is 15.7. The summed E-state index contributed by atoms with van der Waals surface area (Å²) in [7, 11) is -3.67. The van der Waals surface area contributed by atoms with Crippen molar-refractivity contribution in [2.24, 2.45) is 0 Å². The Balaban J connectivity index is 2.17. The number of ether oxygens (including phenoxy) is 1. The molecule has 0 saturated heterocycles. The molecule has 0 bridgehead atoms. The maximum absolute atomic E-state index is 12.4. The summed E-state index contributed by atoms with van der Waals surface area (Å²) in [6.45, 7) is 3.38. The van der Waals surface area contributed by atoms with Crippen molar-refractivity contribution in [2.45, 2.75) is 13.8 Å². The fraction of sp³-hybridized carbons (Fsp3) is 0.263. The van der Waals surface area contributed by atoms with Gasteiger partial charge >= 0.3 is 5.97 Å². The van der Waals surface area contributed by atoms with E-state index >= 15 is 0 Å². The Morgan fingerprint density at radius 3 is 2.32 bits per heavy atom. The minimum absolute atomic E-state index is 0.139. The Bertz CT molecular complexity index is 974. The van der Waals surface area contributed by atoms with Crippen LogP contribution in [0.3, 0.4) is 0 Å². The highest BCUT2D eigenvalue weighted by Crippen LogP contribution is 2.24. The molecule has 9 heteroatoms. The molecule has 2 aromatic rings. The van der Waals surface area contributed by atoms with Gasteiger partial charge in [-0.05, 0) is 44.2 Å². The molecule has 0 spiro atoms. The van der Waals surface area contributed by atoms with E-state index < -0.39 is 28.4 Å². The van der Waals surface area contributed by atoms with Crippen molar-refractivity contribution < 1.29 is 22.7 Å². The zero-order valence-corrected chi connectivity index (χ0v) is 17.3. The van der Waals surface area contributed by atoms with E-state index in [4.69, 9.17) is 16.3 Å². The van der Waals surface area contributed by atoms with Gasteiger partial charge in [0.2, 0.25) is 15.9 Å². The van der Waals surface area contributed by atoms with E-state index in [1.165, 1.54) is 18.2 Å². The monoisotopic (exact) mass is 424 g/mol. The molecule has 1 N–H and O–H groups in total. The summed E-state index contributed by atoms with van der Waals surface area (Å²) in [6, 6.07) is 11.1. The van der Waals surface area contributed by atoms with Gasteiger partial charge in [-0.3, -0.25) is 9.10 Å². The molecule has 28 heavy (non-hydrogen) atoms. The number of amides is 1. The predicted molar refractivity (Wildman–Crippen MR) is 109 cm³/mol. The van der Waals surface area contributed by atoms with Crippen LogP contribution in [-0.4, -0.2) is 39.7 Å². The summed E-state index contributed by atoms with van der Waals surface area (Å²) in [5.74, 6) is -1.10. The summed E-state index contributed by atoms with van der Waals surface area (Å²) < 4.78 is 30.1. The Labute approximate surface area is 169 Å². The molecular formula is C19H21ClN2O5S. The highest BCUT2D eigenvalue weighted by Gasteiger charge is 2.21. The predicted octanol–water partition coefficient (Wildman–Crippen LogP) is 3.23. The zero-order chi connectivity index (χ0) is 20.9. The van der Waals surface area contributed by atoms with Crippen LogP contribution in [0.1, 0.15) is 22.8 Å². The van der Waals surface area contributed by atoms with Gasteiger partial charge in [0.25, 0.3) is 0 Å². The van der Waals surface area contributed by atoms with Crippen LogP contribution in [0.25, 0.3) is 0 Å². The molecule has 7 nitrogen and oxygen atoms in total. The Hall–Kier alpha value is -2.58. The highest BCUT2D eigenvalue weighted by atomic mass is 35.5. The van der Waals surface area contributed by atoms with Crippen molar-refractivity contribution >= 4 is 44.9 Å². The largest absolute Gasteiger partial charge is 0.462 e. The number of sulfonamides is 1. The van der Waals surface area contributed by atoms with Gasteiger partial charge in [0.15, 0.2) is 0 Å². The summed E-state index contributed by atoms with van der Waals surface area (Å²) in [6.07, 6.45) is 1.03. The maximum Gasteiger partial charge on any atom is 0.338 e. The standard InChI is InChI=1S/C19H21ClN2O5S/c1-4-27-19(24)14-7-10-17(16(20)11-14)21-18(23)12-22(28(3,25)26)15-8-5-13(2)6-9-15/h5-11H,4,12H2,1-3H3,(H,21,23). The molecule has 1 amide bonds. The van der Waals surface area contributed by atoms with Crippen LogP contribution in [0.2, 0.25) is 5.02 Å². The Kier molecular flexibility index (Phi) is 7.04. The SMILES string of the molecule is CCOC(=O)c1ccc(NC(=O)CN(c2ccc(C)cc2)S(C)(=O)=O)c(Cl)c1. The van der Waals surface area contributed by atoms with Gasteiger partial charge in [-0.15, -0.1) is 0 Å². The van der Waals surface area contributed by atoms with E-state index in [2.05, 4.69) is 5.32 Å². The lowest BCUT2D eigenvalue weighted by Crippen LogP contribution is -2.37. The molecule has 0 aliphatic rings. The lowest BCUT2D eigenvalue weighted by atomic mass is 10.2. The van der Waals surface area contributed by atoms with Gasteiger partial charge < -0.3 is 10.1 Å². The topological polar surface area (TPSA) is 92.8 Å². The van der Waals surface area contributed by atoms with Crippen LogP contribution < -0.4 is 9.62 Å². The van der Waals surface area contributed by atoms with Gasteiger partial charge in [0.05, 0.1) is 34.8 Å². The van der Waals surface area contributed by atoms with Crippen LogP contribution in [-0.2, 0) is 19.6 Å². The third kappa shape index (κ3) is 5.71. The maximum atomic E-state index is 12.4. The van der Waals surface area contributed by atoms with Crippen molar-refractivity contribution in [3.05, 3.63) is 58.6 Å². The second-order valence-corrected chi connectivity index (χ2v) is 8.38. The fourth-order valence-corrected chi connectivity index (χ4v) is 3.47. The first-order valence-electron chi connectivity index (χ1n) is 8.42. The number of hydrogen-bond acceptors (Lipinski definition) is 5. The molecule has 2 rings (SSSR count). The second kappa shape index (κ2) is 9.07. The minimum Gasteiger partial charge on any atom is -0.462 e. The number of benzene rings is 2. The first-order valence-corrected chi connectivity index (χ1v) is 10.7. The molecule has 0 heterocycles. The van der Waals surface area contributed by atoms with E-state index in [0.717, 1.165) is 16.1 Å². The number of hydrogen-bond donors (Lipinski definition) is 1. The second-order valence-electron chi connectivity index (χ2n) is 6.07. The third-order valence-electron chi connectivity index (χ3n) is 3.76. The van der Waals surface area contributed by atoms with Gasteiger partial charge in [0.1, 0.15) is 6.54 Å². The average molecular weight is 425 g/mol. The minimum atomic E-state index is -3.67. The van der Waals surface area contributed by atoms with Crippen LogP contribution in [0.4, 0.5) is 11.4 Å². The Morgan fingerprint density at radius 1 is 1.14 bits per heavy atom. The van der Waals surface area contributed by atoms with Gasteiger partial charge in [0, 0.05) is 0 Å². The van der Waals surface area contributed by atoms with Crippen molar-refractivity contribution in [1.29, 1.82) is 0 Å². The first kappa shape index (κ1) is 21.7. The molecule has 0 saturated carbocycles. The number of carbonyl (C=O) groups is 2. The fourth-order valence-electron chi connectivity index (χ4n) is 2.39. The van der Waals surface area contributed by atoms with Crippen molar-refractivity contribution in [3.63, 3.8) is 0 Å². The van der Waals surface area contributed by atoms with Crippen molar-refractivity contribution in [3.8, 4) is 0 Å². The van der Waals surface area contributed by atoms with Crippen molar-refractivity contribution in [1.82, 2.24) is 0 Å². The van der Waals surface area contributed by atoms with Gasteiger partial charge in [-0.1, -0.05) is 29.3 Å². The number of halogens is 1. The Morgan fingerprint density at radius 2 is 1.79 bits per heavy atom. The molecule has 0 atom stereocenters. The van der Waals surface area contributed by atoms with Crippen molar-refractivity contribution in [2.75, 3.05) is 29.0 Å². The average Bonchev–Trinajstić information content (AvgIpc) is 2.61. The molecule has 2 aromatic carbocycles. The quantitative estimate of drug-likeness (QED) is 0.689. The first-order chi connectivity index (χ1) is 13.1. The van der Waals surface area contributed by atoms with Crippen LogP contribution in [0.15, 0.2) is 42.5 Å². The lowest BCUT2D eigenvalue weighted by molar-refractivity contribution is -0.114. The highest BCUT2D eigenvalue weighted by molar-refractivity contribution is 7.92. The molecule has 0 aliphatic carbocycles. The summed E-state index contributed by atoms with van der Waals surface area (Å²) in [5.41, 5.74) is 1.86. The summed E-state index contributed by atoms with van der Waals surface area (Å²) in [4.78, 5) is 24.1. The summed E-state index contributed by atoms with van der Waals surface area (Å²) in [5, 5.41) is 2.70. The molecular weight excluding hydrogens is 404 g/mol.